The Morgan fingerprint density at radius 3 is 2.70 bits per heavy atom. The van der Waals surface area contributed by atoms with Crippen LogP contribution in [-0.2, 0) is 14.2 Å². The summed E-state index contributed by atoms with van der Waals surface area (Å²) in [6.45, 7) is 0.481. The van der Waals surface area contributed by atoms with E-state index in [-0.39, 0.29) is 24.7 Å². The normalized spacial score (nSPS) is 13.1. The molecule has 0 aliphatic carbocycles. The minimum Gasteiger partial charge on any atom is -0.462 e. The Hall–Kier alpha value is -2.57. The van der Waals surface area contributed by atoms with Crippen molar-refractivity contribution in [3.63, 3.8) is 0 Å². The summed E-state index contributed by atoms with van der Waals surface area (Å²) in [5, 5.41) is 10.5. The number of hydrogen-bond donors (Lipinski definition) is 0. The summed E-state index contributed by atoms with van der Waals surface area (Å²) in [6, 6.07) is 5.28. The quantitative estimate of drug-likeness (QED) is 0.344. The second kappa shape index (κ2) is 6.55. The standard InChI is InChI=1S/C13H13NO6/c15-13(10-3-5-11(6-4-10)14(16)17)19-7-1-2-12-8-18-9-20-12/h3-6,8H,1-2,7,9H2. The van der Waals surface area contributed by atoms with Crippen LogP contribution < -0.4 is 0 Å². The van der Waals surface area contributed by atoms with E-state index in [1.165, 1.54) is 30.5 Å². The van der Waals surface area contributed by atoms with Gasteiger partial charge in [0.2, 0.25) is 6.79 Å². The maximum absolute atomic E-state index is 11.7. The SMILES string of the molecule is O=C(OCCCC1=COCO1)c1ccc([N+](=O)[O-])cc1. The van der Waals surface area contributed by atoms with Gasteiger partial charge in [0.1, 0.15) is 12.0 Å². The lowest BCUT2D eigenvalue weighted by atomic mass is 10.2. The third-order valence-electron chi connectivity index (χ3n) is 2.64. The minimum absolute atomic E-state index is 0.0631. The molecule has 0 atom stereocenters. The lowest BCUT2D eigenvalue weighted by molar-refractivity contribution is -0.384. The predicted molar refractivity (Wildman–Crippen MR) is 67.7 cm³/mol. The second-order valence-electron chi connectivity index (χ2n) is 4.06. The molecule has 20 heavy (non-hydrogen) atoms. The van der Waals surface area contributed by atoms with Crippen molar-refractivity contribution in [2.24, 2.45) is 0 Å². The summed E-state index contributed by atoms with van der Waals surface area (Å²) in [5.41, 5.74) is 0.224. The van der Waals surface area contributed by atoms with Crippen molar-refractivity contribution in [1.82, 2.24) is 0 Å². The fraction of sp³-hybridized carbons (Fsp3) is 0.308. The number of rotatable bonds is 6. The molecule has 0 saturated carbocycles. The van der Waals surface area contributed by atoms with E-state index in [0.717, 1.165) is 5.76 Å². The predicted octanol–water partition coefficient (Wildman–Crippen LogP) is 2.38. The number of nitro groups is 1. The average Bonchev–Trinajstić information content (AvgIpc) is 2.96. The molecule has 1 aliphatic rings. The van der Waals surface area contributed by atoms with E-state index >= 15 is 0 Å². The number of benzene rings is 1. The number of nitro benzene ring substituents is 1. The van der Waals surface area contributed by atoms with Crippen molar-refractivity contribution < 1.29 is 23.9 Å². The molecule has 106 valence electrons. The van der Waals surface area contributed by atoms with Gasteiger partial charge in [-0.15, -0.1) is 0 Å². The van der Waals surface area contributed by atoms with Crippen LogP contribution in [-0.4, -0.2) is 24.3 Å². The van der Waals surface area contributed by atoms with Crippen molar-refractivity contribution in [2.75, 3.05) is 13.4 Å². The Balaban J connectivity index is 1.75. The summed E-state index contributed by atoms with van der Waals surface area (Å²) in [4.78, 5) is 21.6. The number of ether oxygens (including phenoxy) is 3. The van der Waals surface area contributed by atoms with Gasteiger partial charge in [0.25, 0.3) is 5.69 Å². The fourth-order valence-electron chi connectivity index (χ4n) is 1.62. The van der Waals surface area contributed by atoms with Crippen molar-refractivity contribution >= 4 is 11.7 Å². The number of carbonyl (C=O) groups is 1. The molecule has 7 heteroatoms. The first-order chi connectivity index (χ1) is 9.66. The molecule has 1 heterocycles. The first kappa shape index (κ1) is 13.9. The van der Waals surface area contributed by atoms with E-state index in [1.54, 1.807) is 0 Å². The highest BCUT2D eigenvalue weighted by Crippen LogP contribution is 2.14. The van der Waals surface area contributed by atoms with Crippen molar-refractivity contribution in [3.8, 4) is 0 Å². The Kier molecular flexibility index (Phi) is 4.54. The van der Waals surface area contributed by atoms with E-state index in [2.05, 4.69) is 0 Å². The van der Waals surface area contributed by atoms with Gasteiger partial charge in [-0.3, -0.25) is 10.1 Å². The Bertz CT molecular complexity index is 522. The van der Waals surface area contributed by atoms with Gasteiger partial charge in [-0.2, -0.15) is 0 Å². The first-order valence-electron chi connectivity index (χ1n) is 6.02. The highest BCUT2D eigenvalue weighted by atomic mass is 16.7. The third kappa shape index (κ3) is 3.71. The molecule has 0 bridgehead atoms. The van der Waals surface area contributed by atoms with Crippen molar-refractivity contribution in [1.29, 1.82) is 0 Å². The van der Waals surface area contributed by atoms with Gasteiger partial charge >= 0.3 is 5.97 Å². The largest absolute Gasteiger partial charge is 0.462 e. The molecular formula is C13H13NO6. The molecule has 0 fully saturated rings. The number of esters is 1. The van der Waals surface area contributed by atoms with Crippen LogP contribution in [0, 0.1) is 10.1 Å². The van der Waals surface area contributed by atoms with Gasteiger partial charge in [0.15, 0.2) is 0 Å². The van der Waals surface area contributed by atoms with Gasteiger partial charge in [-0.25, -0.2) is 4.79 Å². The minimum atomic E-state index is -0.521. The van der Waals surface area contributed by atoms with E-state index in [9.17, 15) is 14.9 Å². The van der Waals surface area contributed by atoms with Crippen LogP contribution in [0.2, 0.25) is 0 Å². The maximum Gasteiger partial charge on any atom is 0.338 e. The zero-order valence-corrected chi connectivity index (χ0v) is 10.6. The molecule has 0 unspecified atom stereocenters. The molecule has 0 amide bonds. The molecule has 0 saturated heterocycles. The number of carbonyl (C=O) groups excluding carboxylic acids is 1. The summed E-state index contributed by atoms with van der Waals surface area (Å²) in [5.74, 6) is 0.230. The highest BCUT2D eigenvalue weighted by Gasteiger charge is 2.11. The second-order valence-corrected chi connectivity index (χ2v) is 4.06. The lowest BCUT2D eigenvalue weighted by Gasteiger charge is -2.04. The summed E-state index contributed by atoms with van der Waals surface area (Å²) in [7, 11) is 0. The molecule has 0 aromatic heterocycles. The third-order valence-corrected chi connectivity index (χ3v) is 2.64. The molecule has 2 rings (SSSR count). The molecule has 1 aromatic rings. The number of allylic oxidation sites excluding steroid dienone is 1. The maximum atomic E-state index is 11.7. The van der Waals surface area contributed by atoms with Gasteiger partial charge < -0.3 is 14.2 Å². The van der Waals surface area contributed by atoms with Gasteiger partial charge in [-0.05, 0) is 18.6 Å². The lowest BCUT2D eigenvalue weighted by Crippen LogP contribution is -2.06. The zero-order chi connectivity index (χ0) is 14.4. The summed E-state index contributed by atoms with van der Waals surface area (Å²) >= 11 is 0. The molecule has 0 spiro atoms. The summed E-state index contributed by atoms with van der Waals surface area (Å²) in [6.07, 6.45) is 2.79. The summed E-state index contributed by atoms with van der Waals surface area (Å²) < 4.78 is 15.1. The number of nitrogens with zero attached hydrogens (tertiary/aromatic N) is 1. The average molecular weight is 279 g/mol. The van der Waals surface area contributed by atoms with Crippen LogP contribution in [0.15, 0.2) is 36.3 Å². The molecular weight excluding hydrogens is 266 g/mol. The van der Waals surface area contributed by atoms with Crippen LogP contribution in [0.25, 0.3) is 0 Å². The topological polar surface area (TPSA) is 87.9 Å². The van der Waals surface area contributed by atoms with E-state index < -0.39 is 10.9 Å². The molecule has 0 N–H and O–H groups in total. The van der Waals surface area contributed by atoms with Crippen LogP contribution in [0.5, 0.6) is 0 Å². The van der Waals surface area contributed by atoms with Crippen LogP contribution in [0.3, 0.4) is 0 Å². The zero-order valence-electron chi connectivity index (χ0n) is 10.6. The number of non-ortho nitro benzene ring substituents is 1. The monoisotopic (exact) mass is 279 g/mol. The highest BCUT2D eigenvalue weighted by molar-refractivity contribution is 5.89. The van der Waals surface area contributed by atoms with Gasteiger partial charge in [0.05, 0.1) is 17.1 Å². The molecule has 1 aromatic carbocycles. The van der Waals surface area contributed by atoms with Gasteiger partial charge in [-0.1, -0.05) is 0 Å². The smallest absolute Gasteiger partial charge is 0.338 e. The van der Waals surface area contributed by atoms with Crippen molar-refractivity contribution in [2.45, 2.75) is 12.8 Å². The van der Waals surface area contributed by atoms with Crippen LogP contribution >= 0.6 is 0 Å². The molecule has 7 nitrogen and oxygen atoms in total. The van der Waals surface area contributed by atoms with Crippen LogP contribution in [0.4, 0.5) is 5.69 Å². The van der Waals surface area contributed by atoms with E-state index in [1.807, 2.05) is 0 Å². The first-order valence-corrected chi connectivity index (χ1v) is 6.02. The number of hydrogen-bond acceptors (Lipinski definition) is 6. The van der Waals surface area contributed by atoms with Crippen molar-refractivity contribution in [3.05, 3.63) is 52.0 Å². The van der Waals surface area contributed by atoms with Crippen LogP contribution in [0.1, 0.15) is 23.2 Å². The van der Waals surface area contributed by atoms with Gasteiger partial charge in [0, 0.05) is 18.6 Å². The fourth-order valence-corrected chi connectivity index (χ4v) is 1.62. The Morgan fingerprint density at radius 1 is 1.35 bits per heavy atom. The van der Waals surface area contributed by atoms with E-state index in [4.69, 9.17) is 14.2 Å². The molecule has 0 radical (unpaired) electrons. The Labute approximate surface area is 114 Å². The Morgan fingerprint density at radius 2 is 2.10 bits per heavy atom. The molecule has 1 aliphatic heterocycles. The van der Waals surface area contributed by atoms with E-state index in [0.29, 0.717) is 12.8 Å².